The third-order valence-corrected chi connectivity index (χ3v) is 2.29. The van der Waals surface area contributed by atoms with Gasteiger partial charge in [0.15, 0.2) is 0 Å². The predicted octanol–water partition coefficient (Wildman–Crippen LogP) is 1.79. The van der Waals surface area contributed by atoms with Crippen LogP contribution in [0.5, 0.6) is 0 Å². The highest BCUT2D eigenvalue weighted by Gasteiger charge is 2.24. The van der Waals surface area contributed by atoms with Crippen molar-refractivity contribution in [3.63, 3.8) is 0 Å². The first-order valence-electron chi connectivity index (χ1n) is 4.85. The number of hydrogen-bond acceptors (Lipinski definition) is 3. The summed E-state index contributed by atoms with van der Waals surface area (Å²) in [7, 11) is 0. The third kappa shape index (κ3) is 2.36. The molecule has 0 saturated heterocycles. The smallest absolute Gasteiger partial charge is 0.307 e. The van der Waals surface area contributed by atoms with Gasteiger partial charge in [0.05, 0.1) is 12.1 Å². The van der Waals surface area contributed by atoms with Crippen LogP contribution < -0.4 is 0 Å². The van der Waals surface area contributed by atoms with Crippen molar-refractivity contribution in [2.75, 3.05) is 0 Å². The maximum Gasteiger partial charge on any atom is 0.307 e. The fourth-order valence-corrected chi connectivity index (χ4v) is 1.57. The van der Waals surface area contributed by atoms with Crippen LogP contribution in [0.2, 0.25) is 0 Å². The highest BCUT2D eigenvalue weighted by atomic mass is 19.1. The monoisotopic (exact) mass is 223 g/mol. The van der Waals surface area contributed by atoms with Gasteiger partial charge in [-0.1, -0.05) is 17.3 Å². The molecular weight excluding hydrogens is 213 g/mol. The van der Waals surface area contributed by atoms with Gasteiger partial charge in [-0.05, 0) is 12.1 Å². The van der Waals surface area contributed by atoms with E-state index in [1.54, 1.807) is 12.1 Å². The van der Waals surface area contributed by atoms with Crippen molar-refractivity contribution >= 4 is 11.7 Å². The van der Waals surface area contributed by atoms with Crippen LogP contribution >= 0.6 is 0 Å². The summed E-state index contributed by atoms with van der Waals surface area (Å²) < 4.78 is 12.9. The Bertz CT molecular complexity index is 445. The Morgan fingerprint density at radius 1 is 1.62 bits per heavy atom. The van der Waals surface area contributed by atoms with Gasteiger partial charge in [0.2, 0.25) is 0 Å². The van der Waals surface area contributed by atoms with E-state index in [9.17, 15) is 9.18 Å². The molecule has 1 aliphatic rings. The topological polar surface area (TPSA) is 58.9 Å². The lowest BCUT2D eigenvalue weighted by molar-refractivity contribution is -0.139. The number of rotatable bonds is 3. The van der Waals surface area contributed by atoms with E-state index in [1.807, 2.05) is 0 Å². The van der Waals surface area contributed by atoms with Crippen molar-refractivity contribution in [1.29, 1.82) is 0 Å². The van der Waals surface area contributed by atoms with Gasteiger partial charge >= 0.3 is 5.97 Å². The molecule has 0 aliphatic carbocycles. The zero-order chi connectivity index (χ0) is 11.5. The van der Waals surface area contributed by atoms with E-state index in [0.29, 0.717) is 17.7 Å². The van der Waals surface area contributed by atoms with Gasteiger partial charge in [0.25, 0.3) is 0 Å². The van der Waals surface area contributed by atoms with E-state index >= 15 is 0 Å². The number of carboxylic acids is 1. The molecule has 1 unspecified atom stereocenters. The van der Waals surface area contributed by atoms with Crippen LogP contribution in [0, 0.1) is 5.82 Å². The number of hydrogen-bond donors (Lipinski definition) is 1. The fraction of sp³-hybridized carbons (Fsp3) is 0.273. The first kappa shape index (κ1) is 10.6. The number of oxime groups is 1. The zero-order valence-corrected chi connectivity index (χ0v) is 8.39. The molecule has 1 aliphatic heterocycles. The molecule has 1 atom stereocenters. The van der Waals surface area contributed by atoms with Gasteiger partial charge in [-0.3, -0.25) is 4.79 Å². The first-order valence-corrected chi connectivity index (χ1v) is 4.85. The molecule has 0 spiro atoms. The van der Waals surface area contributed by atoms with Crippen LogP contribution in [0.25, 0.3) is 0 Å². The molecule has 1 N–H and O–H groups in total. The lowest BCUT2D eigenvalue weighted by Crippen LogP contribution is -2.13. The van der Waals surface area contributed by atoms with Crippen LogP contribution in [0.4, 0.5) is 4.39 Å². The molecule has 0 radical (unpaired) electrons. The van der Waals surface area contributed by atoms with Crippen LogP contribution in [-0.2, 0) is 9.63 Å². The minimum Gasteiger partial charge on any atom is -0.481 e. The number of carboxylic acid groups (broad SMARTS) is 1. The Morgan fingerprint density at radius 2 is 2.44 bits per heavy atom. The summed E-state index contributed by atoms with van der Waals surface area (Å²) in [4.78, 5) is 15.4. The Hall–Kier alpha value is -1.91. The maximum absolute atomic E-state index is 12.9. The van der Waals surface area contributed by atoms with Crippen molar-refractivity contribution in [3.05, 3.63) is 35.6 Å². The fourth-order valence-electron chi connectivity index (χ4n) is 1.57. The zero-order valence-electron chi connectivity index (χ0n) is 8.39. The highest BCUT2D eigenvalue weighted by Crippen LogP contribution is 2.19. The van der Waals surface area contributed by atoms with Gasteiger partial charge in [-0.25, -0.2) is 4.39 Å². The van der Waals surface area contributed by atoms with E-state index in [2.05, 4.69) is 5.16 Å². The van der Waals surface area contributed by atoms with Gasteiger partial charge in [0.1, 0.15) is 11.9 Å². The molecule has 4 nitrogen and oxygen atoms in total. The normalized spacial score (nSPS) is 19.1. The van der Waals surface area contributed by atoms with Crippen LogP contribution in [-0.4, -0.2) is 22.9 Å². The van der Waals surface area contributed by atoms with Crippen LogP contribution in [0.1, 0.15) is 18.4 Å². The SMILES string of the molecule is O=C(O)CC1CC(c2cccc(F)c2)=NO1. The number of halogens is 1. The number of nitrogens with zero attached hydrogens (tertiary/aromatic N) is 1. The van der Waals surface area contributed by atoms with Gasteiger partial charge in [-0.15, -0.1) is 0 Å². The van der Waals surface area contributed by atoms with Crippen LogP contribution in [0.15, 0.2) is 29.4 Å². The number of carbonyl (C=O) groups is 1. The third-order valence-electron chi connectivity index (χ3n) is 2.29. The van der Waals surface area contributed by atoms with E-state index in [-0.39, 0.29) is 12.2 Å². The van der Waals surface area contributed by atoms with Gasteiger partial charge in [-0.2, -0.15) is 0 Å². The Kier molecular flexibility index (Phi) is 2.85. The molecule has 0 aromatic heterocycles. The van der Waals surface area contributed by atoms with Crippen molar-refractivity contribution in [1.82, 2.24) is 0 Å². The highest BCUT2D eigenvalue weighted by molar-refractivity contribution is 6.01. The average Bonchev–Trinajstić information content (AvgIpc) is 2.65. The molecule has 1 aromatic rings. The van der Waals surface area contributed by atoms with Gasteiger partial charge in [0, 0.05) is 12.0 Å². The van der Waals surface area contributed by atoms with Crippen LogP contribution in [0.3, 0.4) is 0 Å². The largest absolute Gasteiger partial charge is 0.481 e. The molecule has 1 heterocycles. The minimum absolute atomic E-state index is 0.0949. The Balaban J connectivity index is 2.06. The summed E-state index contributed by atoms with van der Waals surface area (Å²) in [5.74, 6) is -1.28. The number of benzene rings is 1. The van der Waals surface area contributed by atoms with Crippen molar-refractivity contribution < 1.29 is 19.1 Å². The summed E-state index contributed by atoms with van der Waals surface area (Å²) in [6.45, 7) is 0. The molecular formula is C11H10FNO3. The Morgan fingerprint density at radius 3 is 3.12 bits per heavy atom. The molecule has 5 heteroatoms. The quantitative estimate of drug-likeness (QED) is 0.849. The molecule has 0 amide bonds. The average molecular weight is 223 g/mol. The van der Waals surface area contributed by atoms with Crippen molar-refractivity contribution in [2.24, 2.45) is 5.16 Å². The molecule has 2 rings (SSSR count). The molecule has 0 fully saturated rings. The second-order valence-electron chi connectivity index (χ2n) is 3.58. The second kappa shape index (κ2) is 4.30. The molecule has 0 bridgehead atoms. The maximum atomic E-state index is 12.9. The number of aliphatic carboxylic acids is 1. The lowest BCUT2D eigenvalue weighted by Gasteiger charge is -2.03. The predicted molar refractivity (Wildman–Crippen MR) is 54.7 cm³/mol. The molecule has 1 aromatic carbocycles. The standard InChI is InChI=1S/C11H10FNO3/c12-8-3-1-2-7(4-8)10-5-9(16-13-10)6-11(14)15/h1-4,9H,5-6H2,(H,14,15). The minimum atomic E-state index is -0.930. The summed E-state index contributed by atoms with van der Waals surface area (Å²) in [5.41, 5.74) is 1.22. The molecule has 16 heavy (non-hydrogen) atoms. The first-order chi connectivity index (χ1) is 7.65. The van der Waals surface area contributed by atoms with E-state index in [0.717, 1.165) is 0 Å². The summed E-state index contributed by atoms with van der Waals surface area (Å²) >= 11 is 0. The summed E-state index contributed by atoms with van der Waals surface area (Å²) in [6, 6.07) is 5.99. The summed E-state index contributed by atoms with van der Waals surface area (Å²) in [6.07, 6.45) is -0.145. The van der Waals surface area contributed by atoms with Crippen molar-refractivity contribution in [3.8, 4) is 0 Å². The molecule has 0 saturated carbocycles. The van der Waals surface area contributed by atoms with Crippen molar-refractivity contribution in [2.45, 2.75) is 18.9 Å². The summed E-state index contributed by atoms with van der Waals surface area (Å²) in [5, 5.41) is 12.4. The Labute approximate surface area is 91.3 Å². The van der Waals surface area contributed by atoms with E-state index in [1.165, 1.54) is 12.1 Å². The van der Waals surface area contributed by atoms with E-state index in [4.69, 9.17) is 9.94 Å². The lowest BCUT2D eigenvalue weighted by atomic mass is 10.0. The van der Waals surface area contributed by atoms with Gasteiger partial charge < -0.3 is 9.94 Å². The second-order valence-corrected chi connectivity index (χ2v) is 3.58. The molecule has 84 valence electrons. The van der Waals surface area contributed by atoms with E-state index < -0.39 is 12.1 Å².